The first-order valence-electron chi connectivity index (χ1n) is 35.6. The molecule has 0 aromatic heterocycles. The molecule has 0 radical (unpaired) electrons. The highest BCUT2D eigenvalue weighted by Crippen LogP contribution is 2.18. The molecule has 0 fully saturated rings. The zero-order chi connectivity index (χ0) is 59.2. The van der Waals surface area contributed by atoms with Crippen LogP contribution in [0.5, 0.6) is 0 Å². The zero-order valence-electron chi connectivity index (χ0n) is 54.5. The lowest BCUT2D eigenvalue weighted by Crippen LogP contribution is -2.30. The predicted octanol–water partition coefficient (Wildman–Crippen LogP) is 24.6. The van der Waals surface area contributed by atoms with Crippen molar-refractivity contribution < 1.29 is 28.6 Å². The summed E-state index contributed by atoms with van der Waals surface area (Å²) in [6.07, 6.45) is 93.5. The molecule has 6 nitrogen and oxygen atoms in total. The van der Waals surface area contributed by atoms with Gasteiger partial charge in [-0.25, -0.2) is 0 Å². The van der Waals surface area contributed by atoms with Crippen molar-refractivity contribution in [1.82, 2.24) is 0 Å². The minimum atomic E-state index is -0.786. The molecule has 0 saturated carbocycles. The molecule has 1 unspecified atom stereocenters. The maximum atomic E-state index is 12.9. The van der Waals surface area contributed by atoms with Crippen LogP contribution in [0.2, 0.25) is 0 Å². The average Bonchev–Trinajstić information content (AvgIpc) is 3.47. The molecule has 0 aliphatic heterocycles. The second kappa shape index (κ2) is 70.1. The normalized spacial score (nSPS) is 12.6. The van der Waals surface area contributed by atoms with E-state index in [9.17, 15) is 14.4 Å². The Bertz CT molecular complexity index is 1550. The van der Waals surface area contributed by atoms with Gasteiger partial charge in [0, 0.05) is 19.3 Å². The van der Waals surface area contributed by atoms with Crippen molar-refractivity contribution in [1.29, 1.82) is 0 Å². The number of carbonyl (C=O) groups is 3. The highest BCUT2D eigenvalue weighted by Gasteiger charge is 2.19. The van der Waals surface area contributed by atoms with Gasteiger partial charge in [0.05, 0.1) is 0 Å². The number of hydrogen-bond donors (Lipinski definition) is 0. The van der Waals surface area contributed by atoms with E-state index < -0.39 is 6.10 Å². The lowest BCUT2D eigenvalue weighted by Gasteiger charge is -2.18. The quantitative estimate of drug-likeness (QED) is 0.0261. The average molecular weight is 1140 g/mol. The van der Waals surface area contributed by atoms with Crippen LogP contribution in [0, 0.1) is 0 Å². The van der Waals surface area contributed by atoms with Crippen LogP contribution in [0.3, 0.4) is 0 Å². The minimum absolute atomic E-state index is 0.0811. The van der Waals surface area contributed by atoms with Crippen molar-refractivity contribution in [2.45, 2.75) is 367 Å². The maximum absolute atomic E-state index is 12.9. The molecular formula is C76H134O6. The number of ether oxygens (including phenoxy) is 3. The predicted molar refractivity (Wildman–Crippen MR) is 358 cm³/mol. The number of carbonyl (C=O) groups excluding carboxylic acids is 3. The third-order valence-electron chi connectivity index (χ3n) is 15.6. The second-order valence-corrected chi connectivity index (χ2v) is 23.8. The van der Waals surface area contributed by atoms with Gasteiger partial charge >= 0.3 is 17.9 Å². The van der Waals surface area contributed by atoms with Crippen LogP contribution in [0.1, 0.15) is 361 Å². The van der Waals surface area contributed by atoms with E-state index >= 15 is 0 Å². The monoisotopic (exact) mass is 1140 g/mol. The standard InChI is InChI=1S/C76H134O6/c1-4-7-10-13-16-19-22-24-26-28-30-32-34-35-36-37-38-39-40-41-43-44-46-48-50-52-54-57-60-63-66-69-75(78)81-72-73(71-80-74(77)68-65-62-59-56-21-18-15-12-9-6-3)82-76(79)70-67-64-61-58-55-53-51-49-47-45-42-33-31-29-27-25-23-20-17-14-11-8-5-2/h8,11-12,15,17,20,25,27-28,30-31,33,45,47,73H,4-7,9-10,13-14,16,18-19,21-24,26,29,32,34-44,46,48-72H2,1-3H3/b11-8-,15-12-,20-17-,27-25-,30-28-,33-31-,47-45-. The SMILES string of the molecule is CC/C=C\C/C=C\C/C=C\C/C=C\C/C=C\CCCCCCCCCC(=O)OC(COC(=O)CCCCCCC/C=C\CCC)COC(=O)CCCCCCCCCCCCCCCCCCCCC/C=C\CCCCCCCCCC. The lowest BCUT2D eigenvalue weighted by molar-refractivity contribution is -0.167. The third kappa shape index (κ3) is 67.4. The molecule has 0 aromatic carbocycles. The Kier molecular flexibility index (Phi) is 67.2. The summed E-state index contributed by atoms with van der Waals surface area (Å²) in [4.78, 5) is 38.3. The van der Waals surface area contributed by atoms with Gasteiger partial charge in [-0.3, -0.25) is 14.4 Å². The number of esters is 3. The van der Waals surface area contributed by atoms with E-state index in [-0.39, 0.29) is 31.1 Å². The molecule has 1 atom stereocenters. The first-order chi connectivity index (χ1) is 40.5. The van der Waals surface area contributed by atoms with Crippen LogP contribution < -0.4 is 0 Å². The first-order valence-corrected chi connectivity index (χ1v) is 35.6. The van der Waals surface area contributed by atoms with Crippen molar-refractivity contribution in [3.8, 4) is 0 Å². The van der Waals surface area contributed by atoms with Gasteiger partial charge in [0.2, 0.25) is 0 Å². The van der Waals surface area contributed by atoms with E-state index in [2.05, 4.69) is 106 Å². The summed E-state index contributed by atoms with van der Waals surface area (Å²) in [6.45, 7) is 6.49. The summed E-state index contributed by atoms with van der Waals surface area (Å²) in [6, 6.07) is 0. The molecule has 474 valence electrons. The van der Waals surface area contributed by atoms with Crippen LogP contribution in [-0.2, 0) is 28.6 Å². The van der Waals surface area contributed by atoms with Gasteiger partial charge in [-0.2, -0.15) is 0 Å². The van der Waals surface area contributed by atoms with E-state index in [0.29, 0.717) is 19.3 Å². The molecule has 0 heterocycles. The van der Waals surface area contributed by atoms with Crippen LogP contribution in [0.25, 0.3) is 0 Å². The minimum Gasteiger partial charge on any atom is -0.462 e. The van der Waals surface area contributed by atoms with E-state index in [0.717, 1.165) is 109 Å². The van der Waals surface area contributed by atoms with Gasteiger partial charge in [-0.05, 0) is 109 Å². The summed E-state index contributed by atoms with van der Waals surface area (Å²) in [5, 5.41) is 0. The summed E-state index contributed by atoms with van der Waals surface area (Å²) in [5.41, 5.74) is 0. The van der Waals surface area contributed by atoms with Gasteiger partial charge in [0.25, 0.3) is 0 Å². The molecule has 82 heavy (non-hydrogen) atoms. The van der Waals surface area contributed by atoms with Gasteiger partial charge in [0.1, 0.15) is 13.2 Å². The van der Waals surface area contributed by atoms with Crippen LogP contribution in [0.4, 0.5) is 0 Å². The van der Waals surface area contributed by atoms with Gasteiger partial charge in [0.15, 0.2) is 6.10 Å². The molecule has 0 amide bonds. The molecule has 0 spiro atoms. The van der Waals surface area contributed by atoms with Gasteiger partial charge < -0.3 is 14.2 Å². The fraction of sp³-hybridized carbons (Fsp3) is 0.776. The second-order valence-electron chi connectivity index (χ2n) is 23.8. The number of rotatable bonds is 65. The van der Waals surface area contributed by atoms with E-state index in [1.165, 1.54) is 212 Å². The Morgan fingerprint density at radius 3 is 0.805 bits per heavy atom. The first kappa shape index (κ1) is 78.6. The van der Waals surface area contributed by atoms with Crippen molar-refractivity contribution in [3.63, 3.8) is 0 Å². The summed E-state index contributed by atoms with van der Waals surface area (Å²) in [7, 11) is 0. The van der Waals surface area contributed by atoms with Crippen LogP contribution in [-0.4, -0.2) is 37.2 Å². The van der Waals surface area contributed by atoms with Crippen molar-refractivity contribution in [2.75, 3.05) is 13.2 Å². The summed E-state index contributed by atoms with van der Waals surface area (Å²) >= 11 is 0. The molecule has 0 saturated heterocycles. The number of allylic oxidation sites excluding steroid dienone is 14. The van der Waals surface area contributed by atoms with Crippen molar-refractivity contribution in [2.24, 2.45) is 0 Å². The molecule has 0 bridgehead atoms. The highest BCUT2D eigenvalue weighted by molar-refractivity contribution is 5.71. The summed E-state index contributed by atoms with van der Waals surface area (Å²) in [5.74, 6) is -0.888. The van der Waals surface area contributed by atoms with Crippen LogP contribution in [0.15, 0.2) is 85.1 Å². The van der Waals surface area contributed by atoms with E-state index in [1.807, 2.05) is 0 Å². The Balaban J connectivity index is 4.15. The van der Waals surface area contributed by atoms with E-state index in [1.54, 1.807) is 0 Å². The maximum Gasteiger partial charge on any atom is 0.306 e. The molecule has 0 N–H and O–H groups in total. The Labute approximate surface area is 509 Å². The zero-order valence-corrected chi connectivity index (χ0v) is 54.5. The number of unbranched alkanes of at least 4 members (excludes halogenated alkanes) is 40. The largest absolute Gasteiger partial charge is 0.462 e. The molecule has 0 rings (SSSR count). The molecule has 6 heteroatoms. The molecule has 0 aromatic rings. The topological polar surface area (TPSA) is 78.9 Å². The smallest absolute Gasteiger partial charge is 0.306 e. The van der Waals surface area contributed by atoms with Crippen molar-refractivity contribution >= 4 is 17.9 Å². The lowest BCUT2D eigenvalue weighted by atomic mass is 10.0. The van der Waals surface area contributed by atoms with Crippen molar-refractivity contribution in [3.05, 3.63) is 85.1 Å². The fourth-order valence-electron chi connectivity index (χ4n) is 10.3. The Morgan fingerprint density at radius 2 is 0.500 bits per heavy atom. The molecule has 0 aliphatic rings. The van der Waals surface area contributed by atoms with Gasteiger partial charge in [-0.15, -0.1) is 0 Å². The highest BCUT2D eigenvalue weighted by atomic mass is 16.6. The van der Waals surface area contributed by atoms with E-state index in [4.69, 9.17) is 14.2 Å². The number of hydrogen-bond acceptors (Lipinski definition) is 6. The van der Waals surface area contributed by atoms with Gasteiger partial charge in [-0.1, -0.05) is 318 Å². The third-order valence-corrected chi connectivity index (χ3v) is 15.6. The summed E-state index contributed by atoms with van der Waals surface area (Å²) < 4.78 is 16.9. The molecular weight excluding hydrogens is 1010 g/mol. The fourth-order valence-corrected chi connectivity index (χ4v) is 10.3. The van der Waals surface area contributed by atoms with Crippen LogP contribution >= 0.6 is 0 Å². The molecule has 0 aliphatic carbocycles. The Morgan fingerprint density at radius 1 is 0.256 bits per heavy atom. The Hall–Kier alpha value is -3.41.